The van der Waals surface area contributed by atoms with Crippen LogP contribution in [0.15, 0.2) is 22.7 Å². The molecule has 0 atom stereocenters. The highest BCUT2D eigenvalue weighted by Crippen LogP contribution is 2.27. The standard InChI is InChI=1S/C11H14BrN3O3.ClH/c1-18-9-3-2-7(12)4-8(9)15-11(17)6-14-10(16)5-13;/h2-4H,5-6,13H2,1H3,(H,14,16)(H,15,17);1H. The first-order chi connectivity index (χ1) is 8.56. The number of nitrogens with one attached hydrogen (secondary N) is 2. The Bertz CT molecular complexity index is 457. The molecule has 1 aromatic rings. The Balaban J connectivity index is 0.00000324. The lowest BCUT2D eigenvalue weighted by Crippen LogP contribution is -2.36. The molecule has 8 heteroatoms. The molecule has 0 spiro atoms. The summed E-state index contributed by atoms with van der Waals surface area (Å²) in [6.45, 7) is -0.279. The van der Waals surface area contributed by atoms with E-state index in [1.54, 1.807) is 18.2 Å². The summed E-state index contributed by atoms with van der Waals surface area (Å²) in [5, 5.41) is 5.01. The number of carbonyl (C=O) groups excluding carboxylic acids is 2. The van der Waals surface area contributed by atoms with Gasteiger partial charge in [-0.2, -0.15) is 0 Å². The lowest BCUT2D eigenvalue weighted by molar-refractivity contribution is -0.123. The van der Waals surface area contributed by atoms with Crippen molar-refractivity contribution in [1.82, 2.24) is 5.32 Å². The molecule has 19 heavy (non-hydrogen) atoms. The van der Waals surface area contributed by atoms with Crippen LogP contribution in [-0.2, 0) is 9.59 Å². The monoisotopic (exact) mass is 351 g/mol. The van der Waals surface area contributed by atoms with Crippen molar-refractivity contribution in [2.24, 2.45) is 5.73 Å². The van der Waals surface area contributed by atoms with Gasteiger partial charge in [0.1, 0.15) is 5.75 Å². The second kappa shape index (κ2) is 8.73. The summed E-state index contributed by atoms with van der Waals surface area (Å²) in [6, 6.07) is 5.23. The van der Waals surface area contributed by atoms with E-state index in [0.717, 1.165) is 4.47 Å². The smallest absolute Gasteiger partial charge is 0.243 e. The predicted octanol–water partition coefficient (Wildman–Crippen LogP) is 0.893. The molecule has 0 fully saturated rings. The van der Waals surface area contributed by atoms with Crippen molar-refractivity contribution in [2.75, 3.05) is 25.5 Å². The third-order valence-electron chi connectivity index (χ3n) is 2.07. The predicted molar refractivity (Wildman–Crippen MR) is 78.6 cm³/mol. The highest BCUT2D eigenvalue weighted by atomic mass is 79.9. The minimum absolute atomic E-state index is 0. The number of ether oxygens (including phenoxy) is 1. The fraction of sp³-hybridized carbons (Fsp3) is 0.273. The number of rotatable bonds is 5. The largest absolute Gasteiger partial charge is 0.495 e. The average Bonchev–Trinajstić information content (AvgIpc) is 2.36. The van der Waals surface area contributed by atoms with Gasteiger partial charge in [0.15, 0.2) is 0 Å². The highest BCUT2D eigenvalue weighted by molar-refractivity contribution is 9.10. The van der Waals surface area contributed by atoms with Gasteiger partial charge < -0.3 is 21.1 Å². The zero-order valence-corrected chi connectivity index (χ0v) is 12.6. The van der Waals surface area contributed by atoms with Crippen LogP contribution in [0.5, 0.6) is 5.75 Å². The quantitative estimate of drug-likeness (QED) is 0.734. The summed E-state index contributed by atoms with van der Waals surface area (Å²) < 4.78 is 5.91. The van der Waals surface area contributed by atoms with Gasteiger partial charge in [0.05, 0.1) is 25.9 Å². The zero-order chi connectivity index (χ0) is 13.5. The number of methoxy groups -OCH3 is 1. The molecule has 0 aliphatic carbocycles. The topological polar surface area (TPSA) is 93.5 Å². The van der Waals surface area contributed by atoms with Gasteiger partial charge in [0, 0.05) is 4.47 Å². The van der Waals surface area contributed by atoms with Gasteiger partial charge in [-0.3, -0.25) is 9.59 Å². The molecule has 0 aliphatic rings. The van der Waals surface area contributed by atoms with Crippen molar-refractivity contribution in [3.63, 3.8) is 0 Å². The molecule has 0 aliphatic heterocycles. The van der Waals surface area contributed by atoms with Crippen LogP contribution in [0.4, 0.5) is 5.69 Å². The zero-order valence-electron chi connectivity index (χ0n) is 10.2. The molecule has 4 N–H and O–H groups in total. The average molecular weight is 353 g/mol. The number of benzene rings is 1. The third kappa shape index (κ3) is 5.91. The van der Waals surface area contributed by atoms with Gasteiger partial charge in [-0.25, -0.2) is 0 Å². The van der Waals surface area contributed by atoms with E-state index in [1.807, 2.05) is 0 Å². The lowest BCUT2D eigenvalue weighted by atomic mass is 10.3. The second-order valence-electron chi connectivity index (χ2n) is 3.37. The Labute approximate surface area is 125 Å². The van der Waals surface area contributed by atoms with Crippen molar-refractivity contribution in [1.29, 1.82) is 0 Å². The highest BCUT2D eigenvalue weighted by Gasteiger charge is 2.08. The van der Waals surface area contributed by atoms with Crippen molar-refractivity contribution in [3.8, 4) is 5.75 Å². The molecule has 106 valence electrons. The molecule has 2 amide bonds. The van der Waals surface area contributed by atoms with E-state index in [0.29, 0.717) is 11.4 Å². The van der Waals surface area contributed by atoms with Crippen molar-refractivity contribution >= 4 is 45.8 Å². The first kappa shape index (κ1) is 17.7. The normalized spacial score (nSPS) is 9.21. The SMILES string of the molecule is COc1ccc(Br)cc1NC(=O)CNC(=O)CN.Cl. The van der Waals surface area contributed by atoms with Gasteiger partial charge in [-0.15, -0.1) is 12.4 Å². The van der Waals surface area contributed by atoms with Crippen LogP contribution in [0.3, 0.4) is 0 Å². The summed E-state index contributed by atoms with van der Waals surface area (Å²) >= 11 is 3.30. The van der Waals surface area contributed by atoms with Crippen LogP contribution in [0.2, 0.25) is 0 Å². The number of hydrogen-bond donors (Lipinski definition) is 3. The molecule has 0 unspecified atom stereocenters. The maximum Gasteiger partial charge on any atom is 0.243 e. The van der Waals surface area contributed by atoms with Crippen LogP contribution in [0.25, 0.3) is 0 Å². The molecule has 0 heterocycles. The van der Waals surface area contributed by atoms with Crippen molar-refractivity contribution in [3.05, 3.63) is 22.7 Å². The summed E-state index contributed by atoms with van der Waals surface area (Å²) in [6.07, 6.45) is 0. The molecule has 0 aromatic heterocycles. The Kier molecular flexibility index (Phi) is 8.13. The van der Waals surface area contributed by atoms with E-state index in [1.165, 1.54) is 7.11 Å². The fourth-order valence-electron chi connectivity index (χ4n) is 1.22. The molecule has 0 saturated carbocycles. The van der Waals surface area contributed by atoms with Gasteiger partial charge in [0.25, 0.3) is 0 Å². The van der Waals surface area contributed by atoms with Gasteiger partial charge in [0.2, 0.25) is 11.8 Å². The Morgan fingerprint density at radius 3 is 2.63 bits per heavy atom. The van der Waals surface area contributed by atoms with Gasteiger partial charge in [-0.1, -0.05) is 15.9 Å². The van der Waals surface area contributed by atoms with Crippen molar-refractivity contribution < 1.29 is 14.3 Å². The summed E-state index contributed by atoms with van der Waals surface area (Å²) in [5.41, 5.74) is 5.63. The first-order valence-corrected chi connectivity index (χ1v) is 5.96. The summed E-state index contributed by atoms with van der Waals surface area (Å²) in [7, 11) is 1.51. The van der Waals surface area contributed by atoms with E-state index in [-0.39, 0.29) is 37.3 Å². The second-order valence-corrected chi connectivity index (χ2v) is 4.29. The number of halogens is 2. The van der Waals surface area contributed by atoms with Crippen LogP contribution in [-0.4, -0.2) is 32.0 Å². The summed E-state index contributed by atoms with van der Waals surface area (Å²) in [5.74, 6) is -0.198. The Morgan fingerprint density at radius 2 is 2.05 bits per heavy atom. The van der Waals surface area contributed by atoms with Crippen molar-refractivity contribution in [2.45, 2.75) is 0 Å². The number of carbonyl (C=O) groups is 2. The number of hydrogen-bond acceptors (Lipinski definition) is 4. The number of amides is 2. The van der Waals surface area contributed by atoms with E-state index in [2.05, 4.69) is 26.6 Å². The van der Waals surface area contributed by atoms with Crippen LogP contribution in [0.1, 0.15) is 0 Å². The molecular weight excluding hydrogens is 337 g/mol. The maximum atomic E-state index is 11.6. The van der Waals surface area contributed by atoms with E-state index in [9.17, 15) is 9.59 Å². The number of nitrogens with two attached hydrogens (primary N) is 1. The fourth-order valence-corrected chi connectivity index (χ4v) is 1.58. The molecular formula is C11H15BrClN3O3. The Hall–Kier alpha value is -1.31. The molecule has 0 saturated heterocycles. The third-order valence-corrected chi connectivity index (χ3v) is 2.56. The van der Waals surface area contributed by atoms with Crippen LogP contribution < -0.4 is 21.1 Å². The number of anilines is 1. The van der Waals surface area contributed by atoms with E-state index < -0.39 is 0 Å². The van der Waals surface area contributed by atoms with Crippen LogP contribution >= 0.6 is 28.3 Å². The van der Waals surface area contributed by atoms with E-state index >= 15 is 0 Å². The molecule has 0 radical (unpaired) electrons. The van der Waals surface area contributed by atoms with Gasteiger partial charge >= 0.3 is 0 Å². The molecule has 6 nitrogen and oxygen atoms in total. The minimum Gasteiger partial charge on any atom is -0.495 e. The molecule has 1 aromatic carbocycles. The molecule has 1 rings (SSSR count). The Morgan fingerprint density at radius 1 is 1.37 bits per heavy atom. The minimum atomic E-state index is -0.383. The lowest BCUT2D eigenvalue weighted by Gasteiger charge is -2.10. The van der Waals surface area contributed by atoms with Crippen LogP contribution in [0, 0.1) is 0 Å². The first-order valence-electron chi connectivity index (χ1n) is 5.17. The molecule has 0 bridgehead atoms. The summed E-state index contributed by atoms with van der Waals surface area (Å²) in [4.78, 5) is 22.5. The van der Waals surface area contributed by atoms with Gasteiger partial charge in [-0.05, 0) is 18.2 Å². The maximum absolute atomic E-state index is 11.6. The van der Waals surface area contributed by atoms with E-state index in [4.69, 9.17) is 10.5 Å².